The van der Waals surface area contributed by atoms with E-state index in [1.165, 1.54) is 0 Å². The smallest absolute Gasteiger partial charge is 0.219 e. The molecule has 1 heterocycles. The van der Waals surface area contributed by atoms with E-state index in [0.29, 0.717) is 13.0 Å². The second-order valence-electron chi connectivity index (χ2n) is 2.56. The molecule has 0 atom stereocenters. The van der Waals surface area contributed by atoms with Crippen LogP contribution in [0, 0.1) is 0 Å². The summed E-state index contributed by atoms with van der Waals surface area (Å²) in [5.74, 6) is 0.0958. The van der Waals surface area contributed by atoms with Crippen molar-refractivity contribution in [3.63, 3.8) is 0 Å². The van der Waals surface area contributed by atoms with Gasteiger partial charge < -0.3 is 5.32 Å². The highest BCUT2D eigenvalue weighted by molar-refractivity contribution is 5.75. The predicted molar refractivity (Wildman–Crippen MR) is 45.6 cm³/mol. The lowest BCUT2D eigenvalue weighted by Crippen LogP contribution is -2.24. The van der Waals surface area contributed by atoms with Gasteiger partial charge >= 0.3 is 0 Å². The van der Waals surface area contributed by atoms with E-state index in [0.717, 1.165) is 12.0 Å². The number of aromatic nitrogens is 2. The van der Waals surface area contributed by atoms with Crippen molar-refractivity contribution >= 4 is 5.91 Å². The maximum Gasteiger partial charge on any atom is 0.219 e. The van der Waals surface area contributed by atoms with Crippen molar-refractivity contribution in [2.24, 2.45) is 0 Å². The molecule has 1 rings (SSSR count). The van der Waals surface area contributed by atoms with E-state index in [2.05, 4.69) is 15.5 Å². The van der Waals surface area contributed by atoms with Gasteiger partial charge in [-0.05, 0) is 12.0 Å². The van der Waals surface area contributed by atoms with Crippen molar-refractivity contribution in [3.8, 4) is 0 Å². The normalized spacial score (nSPS) is 9.75. The van der Waals surface area contributed by atoms with Crippen LogP contribution < -0.4 is 5.32 Å². The van der Waals surface area contributed by atoms with Crippen molar-refractivity contribution in [1.29, 1.82) is 0 Å². The number of hydrogen-bond donors (Lipinski definition) is 2. The Morgan fingerprint density at radius 1 is 1.75 bits per heavy atom. The third-order valence-corrected chi connectivity index (χ3v) is 1.61. The fourth-order valence-electron chi connectivity index (χ4n) is 0.886. The van der Waals surface area contributed by atoms with Gasteiger partial charge in [0.2, 0.25) is 5.91 Å². The summed E-state index contributed by atoms with van der Waals surface area (Å²) in [5, 5.41) is 9.31. The average molecular weight is 167 g/mol. The summed E-state index contributed by atoms with van der Waals surface area (Å²) in [7, 11) is 0. The van der Waals surface area contributed by atoms with E-state index >= 15 is 0 Å². The van der Waals surface area contributed by atoms with Crippen LogP contribution in [0.5, 0.6) is 0 Å². The third-order valence-electron chi connectivity index (χ3n) is 1.61. The Morgan fingerprint density at radius 3 is 3.17 bits per heavy atom. The van der Waals surface area contributed by atoms with Gasteiger partial charge in [0.15, 0.2) is 0 Å². The lowest BCUT2D eigenvalue weighted by molar-refractivity contribution is -0.120. The molecule has 0 aromatic carbocycles. The van der Waals surface area contributed by atoms with Gasteiger partial charge in [-0.1, -0.05) is 6.92 Å². The predicted octanol–water partition coefficient (Wildman–Crippen LogP) is 0.478. The summed E-state index contributed by atoms with van der Waals surface area (Å²) in [4.78, 5) is 10.8. The molecule has 4 nitrogen and oxygen atoms in total. The summed E-state index contributed by atoms with van der Waals surface area (Å²) in [6, 6.07) is 0. The molecule has 0 unspecified atom stereocenters. The minimum atomic E-state index is 0.0958. The monoisotopic (exact) mass is 167 g/mol. The SMILES string of the molecule is CCC(=O)NCCc1cn[nH]c1. The average Bonchev–Trinajstić information content (AvgIpc) is 2.57. The standard InChI is InChI=1S/C8H13N3O/c1-2-8(12)9-4-3-7-5-10-11-6-7/h5-6H,2-4H2,1H3,(H,9,12)(H,10,11). The lowest BCUT2D eigenvalue weighted by atomic mass is 10.2. The van der Waals surface area contributed by atoms with Crippen molar-refractivity contribution in [1.82, 2.24) is 15.5 Å². The zero-order valence-electron chi connectivity index (χ0n) is 7.13. The van der Waals surface area contributed by atoms with Crippen LogP contribution in [0.1, 0.15) is 18.9 Å². The van der Waals surface area contributed by atoms with Crippen molar-refractivity contribution in [2.75, 3.05) is 6.54 Å². The van der Waals surface area contributed by atoms with Crippen LogP contribution in [0.25, 0.3) is 0 Å². The highest BCUT2D eigenvalue weighted by atomic mass is 16.1. The molecular formula is C8H13N3O. The molecule has 66 valence electrons. The van der Waals surface area contributed by atoms with E-state index in [1.807, 2.05) is 13.1 Å². The van der Waals surface area contributed by atoms with Gasteiger partial charge in [0, 0.05) is 19.2 Å². The molecule has 0 aliphatic heterocycles. The van der Waals surface area contributed by atoms with Crippen LogP contribution in [0.4, 0.5) is 0 Å². The van der Waals surface area contributed by atoms with Crippen LogP contribution in [-0.4, -0.2) is 22.6 Å². The van der Waals surface area contributed by atoms with Gasteiger partial charge in [-0.2, -0.15) is 5.10 Å². The Bertz CT molecular complexity index is 230. The zero-order chi connectivity index (χ0) is 8.81. The van der Waals surface area contributed by atoms with Crippen LogP contribution in [0.2, 0.25) is 0 Å². The molecule has 1 aromatic rings. The first kappa shape index (κ1) is 8.77. The molecule has 1 aromatic heterocycles. The minimum Gasteiger partial charge on any atom is -0.356 e. The molecule has 1 amide bonds. The van der Waals surface area contributed by atoms with Gasteiger partial charge in [0.25, 0.3) is 0 Å². The number of rotatable bonds is 4. The minimum absolute atomic E-state index is 0.0958. The Balaban J connectivity index is 2.15. The highest BCUT2D eigenvalue weighted by Crippen LogP contribution is 1.93. The molecule has 0 saturated heterocycles. The van der Waals surface area contributed by atoms with Crippen LogP contribution in [0.3, 0.4) is 0 Å². The first-order valence-corrected chi connectivity index (χ1v) is 4.07. The summed E-state index contributed by atoms with van der Waals surface area (Å²) in [6.07, 6.45) is 4.98. The van der Waals surface area contributed by atoms with Gasteiger partial charge in [0.1, 0.15) is 0 Å². The number of nitrogens with zero attached hydrogens (tertiary/aromatic N) is 1. The maximum absolute atomic E-state index is 10.8. The fourth-order valence-corrected chi connectivity index (χ4v) is 0.886. The van der Waals surface area contributed by atoms with Crippen LogP contribution in [-0.2, 0) is 11.2 Å². The quantitative estimate of drug-likeness (QED) is 0.685. The Labute approximate surface area is 71.4 Å². The third kappa shape index (κ3) is 2.74. The molecule has 0 radical (unpaired) electrons. The van der Waals surface area contributed by atoms with E-state index in [1.54, 1.807) is 6.20 Å². The molecule has 12 heavy (non-hydrogen) atoms. The van der Waals surface area contributed by atoms with Crippen molar-refractivity contribution < 1.29 is 4.79 Å². The number of amides is 1. The van der Waals surface area contributed by atoms with Gasteiger partial charge in [-0.15, -0.1) is 0 Å². The van der Waals surface area contributed by atoms with Gasteiger partial charge in [0.05, 0.1) is 6.20 Å². The Morgan fingerprint density at radius 2 is 2.58 bits per heavy atom. The fraction of sp³-hybridized carbons (Fsp3) is 0.500. The maximum atomic E-state index is 10.8. The summed E-state index contributed by atoms with van der Waals surface area (Å²) in [5.41, 5.74) is 1.12. The Kier molecular flexibility index (Phi) is 3.32. The van der Waals surface area contributed by atoms with Crippen molar-refractivity contribution in [2.45, 2.75) is 19.8 Å². The van der Waals surface area contributed by atoms with E-state index < -0.39 is 0 Å². The van der Waals surface area contributed by atoms with E-state index in [9.17, 15) is 4.79 Å². The first-order valence-electron chi connectivity index (χ1n) is 4.07. The number of nitrogens with one attached hydrogen (secondary N) is 2. The molecule has 0 spiro atoms. The van der Waals surface area contributed by atoms with Gasteiger partial charge in [-0.3, -0.25) is 9.89 Å². The van der Waals surface area contributed by atoms with Gasteiger partial charge in [-0.25, -0.2) is 0 Å². The number of aromatic amines is 1. The molecule has 4 heteroatoms. The second-order valence-corrected chi connectivity index (χ2v) is 2.56. The topological polar surface area (TPSA) is 57.8 Å². The summed E-state index contributed by atoms with van der Waals surface area (Å²) in [6.45, 7) is 2.53. The number of carbonyl (C=O) groups excluding carboxylic acids is 1. The molecule has 0 aliphatic carbocycles. The molecule has 0 fully saturated rings. The first-order chi connectivity index (χ1) is 5.83. The number of hydrogen-bond acceptors (Lipinski definition) is 2. The largest absolute Gasteiger partial charge is 0.356 e. The second kappa shape index (κ2) is 4.54. The van der Waals surface area contributed by atoms with E-state index in [4.69, 9.17) is 0 Å². The number of H-pyrrole nitrogens is 1. The molecule has 0 aliphatic rings. The molecular weight excluding hydrogens is 154 g/mol. The molecule has 0 saturated carbocycles. The van der Waals surface area contributed by atoms with Crippen LogP contribution >= 0.6 is 0 Å². The lowest BCUT2D eigenvalue weighted by Gasteiger charge is -2.00. The summed E-state index contributed by atoms with van der Waals surface area (Å²) >= 11 is 0. The highest BCUT2D eigenvalue weighted by Gasteiger charge is 1.96. The van der Waals surface area contributed by atoms with Crippen LogP contribution in [0.15, 0.2) is 12.4 Å². The van der Waals surface area contributed by atoms with Crippen molar-refractivity contribution in [3.05, 3.63) is 18.0 Å². The summed E-state index contributed by atoms with van der Waals surface area (Å²) < 4.78 is 0. The van der Waals surface area contributed by atoms with E-state index in [-0.39, 0.29) is 5.91 Å². The molecule has 2 N–H and O–H groups in total. The Hall–Kier alpha value is -1.32. The zero-order valence-corrected chi connectivity index (χ0v) is 7.13. The number of carbonyl (C=O) groups is 1. The molecule has 0 bridgehead atoms.